The summed E-state index contributed by atoms with van der Waals surface area (Å²) < 4.78 is 0. The molecular formula is C20H31N5O4. The number of likely N-dealkylation sites (N-methyl/N-ethyl adjacent to an activating group) is 1. The molecule has 1 fully saturated rings. The second kappa shape index (κ2) is 10.3. The van der Waals surface area contributed by atoms with E-state index in [1.54, 1.807) is 26.4 Å². The summed E-state index contributed by atoms with van der Waals surface area (Å²) in [6.07, 6.45) is 3.40. The Kier molecular flexibility index (Phi) is 8.10. The number of piperazine rings is 1. The van der Waals surface area contributed by atoms with E-state index in [1.165, 1.54) is 4.90 Å². The van der Waals surface area contributed by atoms with Crippen LogP contribution >= 0.6 is 0 Å². The quantitative estimate of drug-likeness (QED) is 0.554. The third-order valence-corrected chi connectivity index (χ3v) is 5.24. The van der Waals surface area contributed by atoms with Crippen molar-refractivity contribution in [2.24, 2.45) is 5.92 Å². The van der Waals surface area contributed by atoms with Crippen molar-refractivity contribution in [2.45, 2.75) is 45.4 Å². The van der Waals surface area contributed by atoms with Crippen molar-refractivity contribution in [1.29, 1.82) is 0 Å². The van der Waals surface area contributed by atoms with E-state index in [9.17, 15) is 19.5 Å². The van der Waals surface area contributed by atoms with Crippen molar-refractivity contribution in [3.63, 3.8) is 0 Å². The van der Waals surface area contributed by atoms with E-state index in [1.807, 2.05) is 30.9 Å². The molecule has 0 spiro atoms. The molecule has 0 aromatic carbocycles. The molecular weight excluding hydrogens is 374 g/mol. The van der Waals surface area contributed by atoms with Crippen molar-refractivity contribution < 1.29 is 19.5 Å². The molecule has 1 aliphatic rings. The van der Waals surface area contributed by atoms with Gasteiger partial charge in [-0.25, -0.2) is 4.79 Å². The summed E-state index contributed by atoms with van der Waals surface area (Å²) in [6, 6.07) is 1.60. The van der Waals surface area contributed by atoms with Gasteiger partial charge in [-0.3, -0.25) is 19.5 Å². The average molecular weight is 405 g/mol. The van der Waals surface area contributed by atoms with Crippen LogP contribution in [0.25, 0.3) is 0 Å². The molecule has 1 aromatic heterocycles. The number of rotatable bonds is 8. The van der Waals surface area contributed by atoms with Crippen LogP contribution in [0.3, 0.4) is 0 Å². The molecule has 0 bridgehead atoms. The molecule has 0 aliphatic carbocycles. The number of nitrogens with one attached hydrogen (secondary N) is 2. The number of aromatic nitrogens is 1. The van der Waals surface area contributed by atoms with Crippen molar-refractivity contribution in [2.75, 3.05) is 26.7 Å². The highest BCUT2D eigenvalue weighted by Gasteiger charge is 2.39. The highest BCUT2D eigenvalue weighted by atomic mass is 16.4. The Hall–Kier alpha value is -2.52. The maximum Gasteiger partial charge on any atom is 0.327 e. The van der Waals surface area contributed by atoms with Crippen LogP contribution in [-0.2, 0) is 20.9 Å². The van der Waals surface area contributed by atoms with E-state index in [0.29, 0.717) is 19.6 Å². The SMILES string of the molecule is CN[C@@H](C)C(=O)N[C@H](C(=O)N1CCN(Cc2ccncc2)C[C@H]1C(=O)O)C(C)C. The third kappa shape index (κ3) is 5.98. The molecule has 3 atom stereocenters. The number of hydrogen-bond donors (Lipinski definition) is 3. The van der Waals surface area contributed by atoms with Gasteiger partial charge in [0.05, 0.1) is 6.04 Å². The Morgan fingerprint density at radius 1 is 1.21 bits per heavy atom. The van der Waals surface area contributed by atoms with Gasteiger partial charge < -0.3 is 20.6 Å². The zero-order valence-corrected chi connectivity index (χ0v) is 17.5. The van der Waals surface area contributed by atoms with E-state index in [0.717, 1.165) is 5.56 Å². The summed E-state index contributed by atoms with van der Waals surface area (Å²) in [7, 11) is 1.67. The normalized spacial score (nSPS) is 19.6. The minimum atomic E-state index is -1.05. The molecule has 0 radical (unpaired) electrons. The average Bonchev–Trinajstić information content (AvgIpc) is 2.71. The number of carbonyl (C=O) groups is 3. The maximum atomic E-state index is 13.2. The number of carbonyl (C=O) groups excluding carboxylic acids is 2. The van der Waals surface area contributed by atoms with E-state index >= 15 is 0 Å². The summed E-state index contributed by atoms with van der Waals surface area (Å²) >= 11 is 0. The van der Waals surface area contributed by atoms with Crippen LogP contribution in [-0.4, -0.2) is 82.5 Å². The zero-order chi connectivity index (χ0) is 21.6. The fraction of sp³-hybridized carbons (Fsp3) is 0.600. The molecule has 0 unspecified atom stereocenters. The number of aliphatic carboxylic acids is 1. The first-order valence-corrected chi connectivity index (χ1v) is 9.86. The molecule has 160 valence electrons. The lowest BCUT2D eigenvalue weighted by Gasteiger charge is -2.41. The molecule has 1 aliphatic heterocycles. The van der Waals surface area contributed by atoms with Gasteiger partial charge in [-0.1, -0.05) is 13.8 Å². The lowest BCUT2D eigenvalue weighted by Crippen LogP contribution is -2.63. The maximum absolute atomic E-state index is 13.2. The van der Waals surface area contributed by atoms with Gasteiger partial charge in [0.25, 0.3) is 0 Å². The molecule has 0 saturated carbocycles. The number of carboxylic acids is 1. The van der Waals surface area contributed by atoms with Crippen LogP contribution < -0.4 is 10.6 Å². The van der Waals surface area contributed by atoms with E-state index < -0.39 is 24.1 Å². The number of amides is 2. The predicted octanol–water partition coefficient (Wildman–Crippen LogP) is -0.0723. The Bertz CT molecular complexity index is 712. The molecule has 3 N–H and O–H groups in total. The molecule has 1 aromatic rings. The second-order valence-electron chi connectivity index (χ2n) is 7.72. The number of nitrogens with zero attached hydrogens (tertiary/aromatic N) is 3. The van der Waals surface area contributed by atoms with Crippen LogP contribution in [0.4, 0.5) is 0 Å². The largest absolute Gasteiger partial charge is 0.480 e. The van der Waals surface area contributed by atoms with Crippen LogP contribution in [0.2, 0.25) is 0 Å². The van der Waals surface area contributed by atoms with Gasteiger partial charge in [0.2, 0.25) is 11.8 Å². The first-order chi connectivity index (χ1) is 13.7. The van der Waals surface area contributed by atoms with Gasteiger partial charge in [0.1, 0.15) is 12.1 Å². The minimum absolute atomic E-state index is 0.167. The summed E-state index contributed by atoms with van der Waals surface area (Å²) in [4.78, 5) is 44.7. The summed E-state index contributed by atoms with van der Waals surface area (Å²) in [5, 5.41) is 15.4. The van der Waals surface area contributed by atoms with Gasteiger partial charge in [-0.15, -0.1) is 0 Å². The monoisotopic (exact) mass is 405 g/mol. The van der Waals surface area contributed by atoms with Crippen LogP contribution in [0, 0.1) is 5.92 Å². The van der Waals surface area contributed by atoms with Crippen LogP contribution in [0.15, 0.2) is 24.5 Å². The lowest BCUT2D eigenvalue weighted by molar-refractivity contribution is -0.155. The van der Waals surface area contributed by atoms with E-state index in [4.69, 9.17) is 0 Å². The van der Waals surface area contributed by atoms with Crippen molar-refractivity contribution in [1.82, 2.24) is 25.4 Å². The Balaban J connectivity index is 2.11. The molecule has 1 saturated heterocycles. The fourth-order valence-corrected chi connectivity index (χ4v) is 3.31. The van der Waals surface area contributed by atoms with Gasteiger partial charge >= 0.3 is 5.97 Å². The Morgan fingerprint density at radius 3 is 2.41 bits per heavy atom. The van der Waals surface area contributed by atoms with E-state index in [-0.39, 0.29) is 24.3 Å². The van der Waals surface area contributed by atoms with Gasteiger partial charge in [-0.2, -0.15) is 0 Å². The minimum Gasteiger partial charge on any atom is -0.480 e. The Morgan fingerprint density at radius 2 is 1.86 bits per heavy atom. The van der Waals surface area contributed by atoms with Gasteiger partial charge in [0, 0.05) is 38.6 Å². The van der Waals surface area contributed by atoms with Gasteiger partial charge in [0.15, 0.2) is 0 Å². The zero-order valence-electron chi connectivity index (χ0n) is 17.5. The molecule has 2 heterocycles. The molecule has 9 heteroatoms. The van der Waals surface area contributed by atoms with Crippen LogP contribution in [0.5, 0.6) is 0 Å². The first-order valence-electron chi connectivity index (χ1n) is 9.86. The second-order valence-corrected chi connectivity index (χ2v) is 7.72. The number of hydrogen-bond acceptors (Lipinski definition) is 6. The van der Waals surface area contributed by atoms with E-state index in [2.05, 4.69) is 15.6 Å². The predicted molar refractivity (Wildman–Crippen MR) is 108 cm³/mol. The highest BCUT2D eigenvalue weighted by molar-refractivity contribution is 5.92. The topological polar surface area (TPSA) is 115 Å². The number of carboxylic acid groups (broad SMARTS) is 1. The lowest BCUT2D eigenvalue weighted by atomic mass is 10.00. The first kappa shape index (κ1) is 22.8. The smallest absolute Gasteiger partial charge is 0.327 e. The fourth-order valence-electron chi connectivity index (χ4n) is 3.31. The molecule has 2 amide bonds. The summed E-state index contributed by atoms with van der Waals surface area (Å²) in [5.74, 6) is -1.86. The van der Waals surface area contributed by atoms with Crippen molar-refractivity contribution in [3.05, 3.63) is 30.1 Å². The Labute approximate surface area is 171 Å². The van der Waals surface area contributed by atoms with Crippen molar-refractivity contribution in [3.8, 4) is 0 Å². The third-order valence-electron chi connectivity index (χ3n) is 5.24. The molecule has 2 rings (SSSR count). The summed E-state index contributed by atoms with van der Waals surface area (Å²) in [5.41, 5.74) is 1.04. The van der Waals surface area contributed by atoms with Gasteiger partial charge in [-0.05, 0) is 37.6 Å². The standard InChI is InChI=1S/C20H31N5O4/c1-13(2)17(23-18(26)14(3)21-4)19(27)25-10-9-24(12-16(25)20(28)29)11-15-5-7-22-8-6-15/h5-8,13-14,16-17,21H,9-12H2,1-4H3,(H,23,26)(H,28,29)/t14-,16-,17-/m0/s1. The summed E-state index contributed by atoms with van der Waals surface area (Å²) in [6.45, 7) is 7.05. The molecule has 29 heavy (non-hydrogen) atoms. The highest BCUT2D eigenvalue weighted by Crippen LogP contribution is 2.17. The number of pyridine rings is 1. The van der Waals surface area contributed by atoms with Crippen molar-refractivity contribution >= 4 is 17.8 Å². The van der Waals surface area contributed by atoms with Crippen LogP contribution in [0.1, 0.15) is 26.3 Å². The molecule has 9 nitrogen and oxygen atoms in total.